The lowest BCUT2D eigenvalue weighted by molar-refractivity contribution is 0.200. The fourth-order valence-corrected chi connectivity index (χ4v) is 3.07. The molecule has 128 valence electrons. The van der Waals surface area contributed by atoms with Crippen LogP contribution in [0.1, 0.15) is 37.2 Å². The van der Waals surface area contributed by atoms with Gasteiger partial charge in [0.05, 0.1) is 6.61 Å². The zero-order valence-electron chi connectivity index (χ0n) is 14.4. The molecule has 3 aromatic rings. The van der Waals surface area contributed by atoms with E-state index < -0.39 is 0 Å². The summed E-state index contributed by atoms with van der Waals surface area (Å²) in [6.07, 6.45) is 0.690. The van der Waals surface area contributed by atoms with Crippen LogP contribution < -0.4 is 4.74 Å². The van der Waals surface area contributed by atoms with E-state index in [0.29, 0.717) is 19.6 Å². The second-order valence-corrected chi connectivity index (χ2v) is 7.65. The van der Waals surface area contributed by atoms with Gasteiger partial charge in [0.2, 0.25) is 4.96 Å². The van der Waals surface area contributed by atoms with E-state index in [-0.39, 0.29) is 5.41 Å². The number of hydrogen-bond acceptors (Lipinski definition) is 6. The third-order valence-corrected chi connectivity index (χ3v) is 4.58. The minimum Gasteiger partial charge on any atom is -0.486 e. The molecule has 24 heavy (non-hydrogen) atoms. The first-order valence-corrected chi connectivity index (χ1v) is 8.71. The number of benzene rings is 1. The van der Waals surface area contributed by atoms with Crippen molar-refractivity contribution < 1.29 is 9.47 Å². The first-order chi connectivity index (χ1) is 11.5. The van der Waals surface area contributed by atoms with Crippen molar-refractivity contribution in [2.45, 2.75) is 39.2 Å². The van der Waals surface area contributed by atoms with E-state index in [1.54, 1.807) is 11.6 Å². The molecule has 0 saturated carbocycles. The zero-order valence-corrected chi connectivity index (χ0v) is 15.3. The smallest absolute Gasteiger partial charge is 0.234 e. The molecule has 6 nitrogen and oxygen atoms in total. The van der Waals surface area contributed by atoms with Crippen LogP contribution in [0, 0.1) is 0 Å². The van der Waals surface area contributed by atoms with E-state index in [4.69, 9.17) is 9.47 Å². The van der Waals surface area contributed by atoms with Crippen molar-refractivity contribution in [1.29, 1.82) is 0 Å². The average molecular weight is 346 g/mol. The Kier molecular flexibility index (Phi) is 4.82. The molecule has 0 spiro atoms. The number of rotatable bonds is 6. The van der Waals surface area contributed by atoms with E-state index in [2.05, 4.69) is 48.2 Å². The molecule has 0 aliphatic carbocycles. The molecule has 0 radical (unpaired) electrons. The quantitative estimate of drug-likeness (QED) is 0.686. The van der Waals surface area contributed by atoms with E-state index in [0.717, 1.165) is 21.5 Å². The Morgan fingerprint density at radius 2 is 1.88 bits per heavy atom. The van der Waals surface area contributed by atoms with Gasteiger partial charge in [0.25, 0.3) is 0 Å². The summed E-state index contributed by atoms with van der Waals surface area (Å²) >= 11 is 1.49. The minimum absolute atomic E-state index is 0.144. The molecular weight excluding hydrogens is 324 g/mol. The van der Waals surface area contributed by atoms with E-state index >= 15 is 0 Å². The van der Waals surface area contributed by atoms with E-state index in [1.807, 2.05) is 12.1 Å². The SMILES string of the molecule is COCCc1nnc2sc(COc3ccc(C(C)(C)C)cc3)nn12. The molecular formula is C17H22N4O2S. The van der Waals surface area contributed by atoms with Crippen LogP contribution in [0.15, 0.2) is 24.3 Å². The predicted octanol–water partition coefficient (Wildman–Crippen LogP) is 3.25. The summed E-state index contributed by atoms with van der Waals surface area (Å²) in [6, 6.07) is 8.23. The van der Waals surface area contributed by atoms with Crippen LogP contribution in [-0.2, 0) is 23.2 Å². The van der Waals surface area contributed by atoms with Crippen LogP contribution >= 0.6 is 11.3 Å². The van der Waals surface area contributed by atoms with Gasteiger partial charge in [-0.15, -0.1) is 10.2 Å². The third kappa shape index (κ3) is 3.73. The van der Waals surface area contributed by atoms with Gasteiger partial charge in [-0.25, -0.2) is 0 Å². The van der Waals surface area contributed by atoms with Gasteiger partial charge in [0.1, 0.15) is 12.4 Å². The van der Waals surface area contributed by atoms with E-state index in [9.17, 15) is 0 Å². The Labute approximate surface area is 145 Å². The molecule has 2 heterocycles. The molecule has 2 aromatic heterocycles. The molecule has 3 rings (SSSR count). The summed E-state index contributed by atoms with van der Waals surface area (Å²) in [4.78, 5) is 0.780. The van der Waals surface area contributed by atoms with Crippen LogP contribution in [-0.4, -0.2) is 33.5 Å². The number of fused-ring (bicyclic) bond motifs is 1. The van der Waals surface area contributed by atoms with Crippen molar-refractivity contribution in [2.24, 2.45) is 0 Å². The fourth-order valence-electron chi connectivity index (χ4n) is 2.30. The van der Waals surface area contributed by atoms with Gasteiger partial charge in [-0.3, -0.25) is 0 Å². The van der Waals surface area contributed by atoms with Crippen molar-refractivity contribution in [3.8, 4) is 5.75 Å². The van der Waals surface area contributed by atoms with Gasteiger partial charge in [-0.2, -0.15) is 9.61 Å². The highest BCUT2D eigenvalue weighted by molar-refractivity contribution is 7.16. The van der Waals surface area contributed by atoms with Crippen LogP contribution in [0.5, 0.6) is 5.75 Å². The highest BCUT2D eigenvalue weighted by Crippen LogP contribution is 2.25. The fraction of sp³-hybridized carbons (Fsp3) is 0.471. The summed E-state index contributed by atoms with van der Waals surface area (Å²) in [5.74, 6) is 1.65. The Morgan fingerprint density at radius 1 is 1.12 bits per heavy atom. The lowest BCUT2D eigenvalue weighted by Gasteiger charge is -2.19. The monoisotopic (exact) mass is 346 g/mol. The lowest BCUT2D eigenvalue weighted by Crippen LogP contribution is -2.10. The first-order valence-electron chi connectivity index (χ1n) is 7.89. The lowest BCUT2D eigenvalue weighted by atomic mass is 9.87. The van der Waals surface area contributed by atoms with Gasteiger partial charge in [0, 0.05) is 13.5 Å². The topological polar surface area (TPSA) is 61.5 Å². The maximum absolute atomic E-state index is 5.84. The van der Waals surface area contributed by atoms with Gasteiger partial charge in [-0.05, 0) is 23.1 Å². The summed E-state index contributed by atoms with van der Waals surface area (Å²) in [5.41, 5.74) is 1.43. The summed E-state index contributed by atoms with van der Waals surface area (Å²) < 4.78 is 12.7. The average Bonchev–Trinajstić information content (AvgIpc) is 3.11. The zero-order chi connectivity index (χ0) is 17.2. The van der Waals surface area contributed by atoms with Crippen LogP contribution in [0.4, 0.5) is 0 Å². The predicted molar refractivity (Wildman–Crippen MR) is 93.7 cm³/mol. The second-order valence-electron chi connectivity index (χ2n) is 6.61. The van der Waals surface area contributed by atoms with Crippen molar-refractivity contribution in [3.05, 3.63) is 40.7 Å². The second kappa shape index (κ2) is 6.86. The maximum atomic E-state index is 5.84. The molecule has 0 atom stereocenters. The van der Waals surface area contributed by atoms with Crippen molar-refractivity contribution >= 4 is 16.3 Å². The van der Waals surface area contributed by atoms with Crippen molar-refractivity contribution in [1.82, 2.24) is 19.8 Å². The molecule has 0 N–H and O–H groups in total. The Hall–Kier alpha value is -1.99. The minimum atomic E-state index is 0.144. The van der Waals surface area contributed by atoms with Gasteiger partial charge in [0.15, 0.2) is 10.8 Å². The number of nitrogens with zero attached hydrogens (tertiary/aromatic N) is 4. The Morgan fingerprint density at radius 3 is 2.54 bits per heavy atom. The molecule has 0 aliphatic rings. The molecule has 1 aromatic carbocycles. The Bertz CT molecular complexity index is 802. The molecule has 7 heteroatoms. The molecule has 0 saturated heterocycles. The number of hydrogen-bond donors (Lipinski definition) is 0. The van der Waals surface area contributed by atoms with E-state index in [1.165, 1.54) is 16.9 Å². The Balaban J connectivity index is 1.66. The highest BCUT2D eigenvalue weighted by atomic mass is 32.1. The number of ether oxygens (including phenoxy) is 2. The van der Waals surface area contributed by atoms with Crippen molar-refractivity contribution in [3.63, 3.8) is 0 Å². The largest absolute Gasteiger partial charge is 0.486 e. The maximum Gasteiger partial charge on any atom is 0.234 e. The normalized spacial score (nSPS) is 12.0. The van der Waals surface area contributed by atoms with Crippen LogP contribution in [0.25, 0.3) is 4.96 Å². The molecule has 0 amide bonds. The standard InChI is InChI=1S/C17H22N4O2S/c1-17(2,3)12-5-7-13(8-6-12)23-11-15-20-21-14(9-10-22-4)18-19-16(21)24-15/h5-8H,9-11H2,1-4H3. The molecule has 0 unspecified atom stereocenters. The van der Waals surface area contributed by atoms with Crippen LogP contribution in [0.3, 0.4) is 0 Å². The van der Waals surface area contributed by atoms with Crippen LogP contribution in [0.2, 0.25) is 0 Å². The summed E-state index contributed by atoms with van der Waals surface area (Å²) in [7, 11) is 1.67. The van der Waals surface area contributed by atoms with Crippen molar-refractivity contribution in [2.75, 3.05) is 13.7 Å². The highest BCUT2D eigenvalue weighted by Gasteiger charge is 2.14. The first kappa shape index (κ1) is 16.9. The molecule has 0 bridgehead atoms. The van der Waals surface area contributed by atoms with Gasteiger partial charge >= 0.3 is 0 Å². The molecule has 0 aliphatic heterocycles. The number of methoxy groups -OCH3 is 1. The number of aromatic nitrogens is 4. The summed E-state index contributed by atoms with van der Waals surface area (Å²) in [5, 5.41) is 13.7. The van der Waals surface area contributed by atoms with Gasteiger partial charge in [-0.1, -0.05) is 44.2 Å². The molecule has 0 fully saturated rings. The third-order valence-electron chi connectivity index (χ3n) is 3.71. The summed E-state index contributed by atoms with van der Waals surface area (Å²) in [6.45, 7) is 7.62. The van der Waals surface area contributed by atoms with Gasteiger partial charge < -0.3 is 9.47 Å².